The Balaban J connectivity index is 1.68. The third-order valence-electron chi connectivity index (χ3n) is 11.0. The fourth-order valence-electron chi connectivity index (χ4n) is 7.32. The molecule has 0 bridgehead atoms. The van der Waals surface area contributed by atoms with E-state index in [1.54, 1.807) is 19.2 Å². The maximum atomic E-state index is 13.0. The van der Waals surface area contributed by atoms with Crippen LogP contribution in [0.1, 0.15) is 165 Å². The molecule has 1 fully saturated rings. The summed E-state index contributed by atoms with van der Waals surface area (Å²) in [5.74, 6) is 0.136. The quantitative estimate of drug-likeness (QED) is 0.0412. The Hall–Kier alpha value is -2.36. The molecule has 330 valence electrons. The van der Waals surface area contributed by atoms with Crippen LogP contribution in [0.25, 0.3) is 0 Å². The number of amides is 2. The van der Waals surface area contributed by atoms with Crippen LogP contribution >= 0.6 is 0 Å². The maximum absolute atomic E-state index is 13.0. The van der Waals surface area contributed by atoms with Crippen LogP contribution in [-0.4, -0.2) is 118 Å². The van der Waals surface area contributed by atoms with Crippen molar-refractivity contribution < 1.29 is 54.4 Å². The van der Waals surface area contributed by atoms with Gasteiger partial charge in [-0.15, -0.1) is 0 Å². The first-order valence-electron chi connectivity index (χ1n) is 22.1. The largest absolute Gasteiger partial charge is 0.496 e. The Labute approximate surface area is 342 Å². The lowest BCUT2D eigenvalue weighted by atomic mass is 9.98. The monoisotopic (exact) mass is 811 g/mol. The molecule has 0 spiro atoms. The van der Waals surface area contributed by atoms with Crippen molar-refractivity contribution in [3.05, 3.63) is 29.8 Å². The number of ether oxygens (including phenoxy) is 3. The van der Waals surface area contributed by atoms with Crippen molar-refractivity contribution in [3.8, 4) is 5.75 Å². The minimum absolute atomic E-state index is 0.128. The number of hydrogen-bond donors (Lipinski definition) is 8. The predicted octanol–water partition coefficient (Wildman–Crippen LogP) is 5.44. The summed E-state index contributed by atoms with van der Waals surface area (Å²) in [5, 5.41) is 68.0. The average molecular weight is 811 g/mol. The highest BCUT2D eigenvalue weighted by Gasteiger charge is 2.44. The molecule has 57 heavy (non-hydrogen) atoms. The van der Waals surface area contributed by atoms with Crippen molar-refractivity contribution in [2.24, 2.45) is 0 Å². The number of carbonyl (C=O) groups excluding carboxylic acids is 2. The summed E-state index contributed by atoms with van der Waals surface area (Å²) >= 11 is 0. The molecule has 0 radical (unpaired) electrons. The van der Waals surface area contributed by atoms with Gasteiger partial charge in [-0.1, -0.05) is 141 Å². The van der Waals surface area contributed by atoms with E-state index in [9.17, 15) is 40.2 Å². The summed E-state index contributed by atoms with van der Waals surface area (Å²) in [6.45, 7) is 1.90. The van der Waals surface area contributed by atoms with Gasteiger partial charge in [-0.05, 0) is 31.4 Å². The number of nitrogens with one attached hydrogen (secondary N) is 2. The van der Waals surface area contributed by atoms with Gasteiger partial charge in [0, 0.05) is 13.0 Å². The molecule has 2 amide bonds. The van der Waals surface area contributed by atoms with E-state index < -0.39 is 55.6 Å². The highest BCUT2D eigenvalue weighted by molar-refractivity contribution is 5.96. The molecule has 3 unspecified atom stereocenters. The molecular formula is C44H78N2O11. The zero-order valence-corrected chi connectivity index (χ0v) is 35.0. The number of methoxy groups -OCH3 is 1. The number of aliphatic hydroxyl groups is 6. The zero-order chi connectivity index (χ0) is 41.7. The maximum Gasteiger partial charge on any atom is 0.255 e. The average Bonchev–Trinajstić information content (AvgIpc) is 3.22. The Bertz CT molecular complexity index is 1170. The van der Waals surface area contributed by atoms with Gasteiger partial charge in [0.25, 0.3) is 5.91 Å². The van der Waals surface area contributed by atoms with Crippen molar-refractivity contribution >= 4 is 11.8 Å². The van der Waals surface area contributed by atoms with Gasteiger partial charge in [0.15, 0.2) is 6.29 Å². The van der Waals surface area contributed by atoms with E-state index in [4.69, 9.17) is 14.2 Å². The van der Waals surface area contributed by atoms with E-state index in [1.807, 2.05) is 12.1 Å². The van der Waals surface area contributed by atoms with Crippen LogP contribution in [0.3, 0.4) is 0 Å². The van der Waals surface area contributed by atoms with Crippen molar-refractivity contribution in [1.29, 1.82) is 0 Å². The minimum Gasteiger partial charge on any atom is -0.496 e. The Morgan fingerprint density at radius 3 is 1.86 bits per heavy atom. The van der Waals surface area contributed by atoms with Crippen molar-refractivity contribution in [3.63, 3.8) is 0 Å². The number of benzene rings is 1. The fourth-order valence-corrected chi connectivity index (χ4v) is 7.32. The van der Waals surface area contributed by atoms with E-state index in [0.717, 1.165) is 77.0 Å². The van der Waals surface area contributed by atoms with Crippen LogP contribution in [-0.2, 0) is 14.3 Å². The fraction of sp³-hybridized carbons (Fsp3) is 0.818. The van der Waals surface area contributed by atoms with E-state index in [0.29, 0.717) is 30.7 Å². The summed E-state index contributed by atoms with van der Waals surface area (Å²) in [5.41, 5.74) is 0.537. The summed E-state index contributed by atoms with van der Waals surface area (Å²) in [4.78, 5) is 25.4. The third-order valence-corrected chi connectivity index (χ3v) is 11.0. The standard InChI is InChI=1S/C44H78N2O11/c1-3-4-5-6-7-8-9-10-12-15-18-21-27-35(48)39(50)34(32-56-44-42(53)41(52)40(51)37(31-47)57-44)46-38(49)29-22-19-16-13-11-14-17-20-25-30-45-43(54)33-26-23-24-28-36(33)55-2/h23-24,26,28,34-35,37,39-42,44,47-48,50-53H,3-22,25,27,29-32H2,1-2H3,(H,45,54)(H,46,49)/t34?,35?,37-,39?,40+,41+,42-,44+/m1/s1. The minimum atomic E-state index is -1.63. The molecule has 1 heterocycles. The second kappa shape index (κ2) is 31.5. The first-order valence-corrected chi connectivity index (χ1v) is 22.1. The normalized spacial score (nSPS) is 21.2. The van der Waals surface area contributed by atoms with Gasteiger partial charge in [0.1, 0.15) is 36.3 Å². The topological polar surface area (TPSA) is 207 Å². The van der Waals surface area contributed by atoms with E-state index in [-0.39, 0.29) is 24.8 Å². The number of para-hydroxylation sites is 1. The number of aliphatic hydroxyl groups excluding tert-OH is 6. The second-order valence-electron chi connectivity index (χ2n) is 15.8. The molecule has 0 saturated carbocycles. The lowest BCUT2D eigenvalue weighted by molar-refractivity contribution is -0.303. The molecule has 8 N–H and O–H groups in total. The zero-order valence-electron chi connectivity index (χ0n) is 35.0. The highest BCUT2D eigenvalue weighted by Crippen LogP contribution is 2.23. The molecule has 1 aromatic rings. The van der Waals surface area contributed by atoms with Gasteiger partial charge in [0.2, 0.25) is 5.91 Å². The molecular weight excluding hydrogens is 732 g/mol. The summed E-state index contributed by atoms with van der Waals surface area (Å²) < 4.78 is 16.4. The molecule has 13 heteroatoms. The highest BCUT2D eigenvalue weighted by atomic mass is 16.7. The predicted molar refractivity (Wildman–Crippen MR) is 221 cm³/mol. The molecule has 0 aliphatic carbocycles. The number of unbranched alkanes of at least 4 members (excludes halogenated alkanes) is 19. The molecule has 1 aliphatic rings. The summed E-state index contributed by atoms with van der Waals surface area (Å²) in [7, 11) is 1.55. The van der Waals surface area contributed by atoms with E-state index in [2.05, 4.69) is 17.6 Å². The molecule has 1 aliphatic heterocycles. The lowest BCUT2D eigenvalue weighted by Gasteiger charge is -2.40. The molecule has 1 aromatic carbocycles. The van der Waals surface area contributed by atoms with Crippen molar-refractivity contribution in [1.82, 2.24) is 10.6 Å². The van der Waals surface area contributed by atoms with Gasteiger partial charge in [-0.25, -0.2) is 0 Å². The SMILES string of the molecule is CCCCCCCCCCCCCCC(O)C(O)C(CO[C@H]1O[C@H](CO)[C@H](O)[C@H](O)[C@H]1O)NC(=O)CCCCCCCCCCCNC(=O)c1ccccc1OC. The van der Waals surface area contributed by atoms with Gasteiger partial charge in [-0.3, -0.25) is 9.59 Å². The molecule has 2 rings (SSSR count). The smallest absolute Gasteiger partial charge is 0.255 e. The van der Waals surface area contributed by atoms with Crippen LogP contribution in [0.4, 0.5) is 0 Å². The van der Waals surface area contributed by atoms with Crippen LogP contribution in [0, 0.1) is 0 Å². The van der Waals surface area contributed by atoms with Crippen LogP contribution in [0.15, 0.2) is 24.3 Å². The number of hydrogen-bond acceptors (Lipinski definition) is 11. The van der Waals surface area contributed by atoms with Crippen molar-refractivity contribution in [2.45, 2.75) is 204 Å². The third kappa shape index (κ3) is 20.9. The molecule has 8 atom stereocenters. The van der Waals surface area contributed by atoms with Crippen molar-refractivity contribution in [2.75, 3.05) is 26.9 Å². The molecule has 0 aromatic heterocycles. The van der Waals surface area contributed by atoms with Gasteiger partial charge in [0.05, 0.1) is 38.0 Å². The lowest BCUT2D eigenvalue weighted by Crippen LogP contribution is -2.60. The Kier molecular flexibility index (Phi) is 28.1. The van der Waals surface area contributed by atoms with Gasteiger partial charge < -0.3 is 55.5 Å². The van der Waals surface area contributed by atoms with E-state index in [1.165, 1.54) is 51.4 Å². The van der Waals surface area contributed by atoms with Crippen LogP contribution < -0.4 is 15.4 Å². The Morgan fingerprint density at radius 1 is 0.737 bits per heavy atom. The number of carbonyl (C=O) groups is 2. The molecule has 13 nitrogen and oxygen atoms in total. The van der Waals surface area contributed by atoms with Crippen LogP contribution in [0.2, 0.25) is 0 Å². The second-order valence-corrected chi connectivity index (χ2v) is 15.8. The first kappa shape index (κ1) is 50.8. The van der Waals surface area contributed by atoms with Crippen LogP contribution in [0.5, 0.6) is 5.75 Å². The summed E-state index contributed by atoms with van der Waals surface area (Å²) in [6.07, 6.45) is 13.7. The molecule has 1 saturated heterocycles. The van der Waals surface area contributed by atoms with Gasteiger partial charge >= 0.3 is 0 Å². The first-order chi connectivity index (χ1) is 27.6. The summed E-state index contributed by atoms with van der Waals surface area (Å²) in [6, 6.07) is 6.15. The van der Waals surface area contributed by atoms with Gasteiger partial charge in [-0.2, -0.15) is 0 Å². The Morgan fingerprint density at radius 2 is 1.28 bits per heavy atom. The van der Waals surface area contributed by atoms with E-state index >= 15 is 0 Å². The number of rotatable bonds is 34.